The Morgan fingerprint density at radius 2 is 1.92 bits per heavy atom. The van der Waals surface area contributed by atoms with Crippen molar-refractivity contribution in [2.24, 2.45) is 0 Å². The minimum Gasteiger partial charge on any atom is -0.322 e. The summed E-state index contributed by atoms with van der Waals surface area (Å²) in [5.41, 5.74) is 1.48. The molecule has 0 aliphatic rings. The van der Waals surface area contributed by atoms with Crippen molar-refractivity contribution in [3.8, 4) is 0 Å². The fourth-order valence-corrected chi connectivity index (χ4v) is 4.07. The third kappa shape index (κ3) is 3.80. The monoisotopic (exact) mass is 347 g/mol. The van der Waals surface area contributed by atoms with Crippen molar-refractivity contribution in [3.63, 3.8) is 0 Å². The number of amides is 1. The van der Waals surface area contributed by atoms with Crippen LogP contribution < -0.4 is 5.32 Å². The molecule has 0 bridgehead atoms. The number of aryl methyl sites for hydroxylation is 1. The van der Waals surface area contributed by atoms with E-state index in [1.54, 1.807) is 51.2 Å². The Morgan fingerprint density at radius 1 is 1.21 bits per heavy atom. The third-order valence-electron chi connectivity index (χ3n) is 3.69. The quantitative estimate of drug-likeness (QED) is 0.871. The fourth-order valence-electron chi connectivity index (χ4n) is 2.36. The van der Waals surface area contributed by atoms with Gasteiger partial charge >= 0.3 is 0 Å². The van der Waals surface area contributed by atoms with E-state index in [9.17, 15) is 13.2 Å². The molecule has 7 heteroatoms. The summed E-state index contributed by atoms with van der Waals surface area (Å²) in [7, 11) is -3.59. The summed E-state index contributed by atoms with van der Waals surface area (Å²) in [6.45, 7) is 6.12. The lowest BCUT2D eigenvalue weighted by Crippen LogP contribution is -2.31. The third-order valence-corrected chi connectivity index (χ3v) is 5.88. The van der Waals surface area contributed by atoms with Gasteiger partial charge in [0.1, 0.15) is 0 Å². The average molecular weight is 347 g/mol. The van der Waals surface area contributed by atoms with E-state index >= 15 is 0 Å². The van der Waals surface area contributed by atoms with Gasteiger partial charge in [-0.1, -0.05) is 19.9 Å². The average Bonchev–Trinajstić information content (AvgIpc) is 2.58. The highest BCUT2D eigenvalue weighted by atomic mass is 32.2. The molecule has 1 aromatic heterocycles. The largest absolute Gasteiger partial charge is 0.322 e. The number of pyridine rings is 1. The van der Waals surface area contributed by atoms with Crippen LogP contribution in [0.25, 0.3) is 0 Å². The molecule has 0 saturated carbocycles. The molecular weight excluding hydrogens is 326 g/mol. The van der Waals surface area contributed by atoms with Gasteiger partial charge in [0.05, 0.1) is 10.5 Å². The summed E-state index contributed by atoms with van der Waals surface area (Å²) in [5.74, 6) is -0.335. The maximum absolute atomic E-state index is 12.7. The summed E-state index contributed by atoms with van der Waals surface area (Å²) in [5, 5.41) is 2.71. The van der Waals surface area contributed by atoms with E-state index in [1.165, 1.54) is 16.6 Å². The minimum atomic E-state index is -3.59. The summed E-state index contributed by atoms with van der Waals surface area (Å²) in [6.07, 6.45) is 3.04. The zero-order valence-corrected chi connectivity index (χ0v) is 14.8. The Labute approximate surface area is 142 Å². The van der Waals surface area contributed by atoms with Gasteiger partial charge in [0.2, 0.25) is 10.0 Å². The number of carbonyl (C=O) groups excluding carboxylic acids is 1. The summed E-state index contributed by atoms with van der Waals surface area (Å²) in [4.78, 5) is 16.3. The van der Waals surface area contributed by atoms with Crippen molar-refractivity contribution in [1.82, 2.24) is 9.29 Å². The maximum atomic E-state index is 12.7. The van der Waals surface area contributed by atoms with Crippen molar-refractivity contribution in [2.75, 3.05) is 18.4 Å². The molecule has 1 amide bonds. The smallest absolute Gasteiger partial charge is 0.257 e. The number of hydrogen-bond donors (Lipinski definition) is 1. The molecule has 24 heavy (non-hydrogen) atoms. The van der Waals surface area contributed by atoms with E-state index in [0.29, 0.717) is 29.9 Å². The first-order valence-electron chi connectivity index (χ1n) is 7.72. The molecule has 1 heterocycles. The topological polar surface area (TPSA) is 79.4 Å². The highest BCUT2D eigenvalue weighted by molar-refractivity contribution is 7.89. The van der Waals surface area contributed by atoms with E-state index < -0.39 is 10.0 Å². The zero-order valence-electron chi connectivity index (χ0n) is 14.0. The van der Waals surface area contributed by atoms with Crippen LogP contribution in [0.5, 0.6) is 0 Å². The van der Waals surface area contributed by atoms with Crippen LogP contribution in [0, 0.1) is 6.92 Å². The fraction of sp³-hybridized carbons (Fsp3) is 0.294. The molecule has 2 aromatic rings. The highest BCUT2D eigenvalue weighted by Crippen LogP contribution is 2.24. The number of sulfonamides is 1. The molecular formula is C17H21N3O3S. The van der Waals surface area contributed by atoms with Gasteiger partial charge in [-0.25, -0.2) is 8.42 Å². The number of benzene rings is 1. The first-order chi connectivity index (χ1) is 11.4. The van der Waals surface area contributed by atoms with Crippen molar-refractivity contribution in [2.45, 2.75) is 25.7 Å². The second-order valence-electron chi connectivity index (χ2n) is 5.27. The second kappa shape index (κ2) is 7.55. The maximum Gasteiger partial charge on any atom is 0.257 e. The molecule has 0 aliphatic heterocycles. The molecule has 0 aliphatic carbocycles. The van der Waals surface area contributed by atoms with Crippen LogP contribution in [-0.2, 0) is 10.0 Å². The van der Waals surface area contributed by atoms with E-state index in [1.807, 2.05) is 0 Å². The van der Waals surface area contributed by atoms with Crippen LogP contribution in [-0.4, -0.2) is 36.7 Å². The van der Waals surface area contributed by atoms with Gasteiger partial charge < -0.3 is 5.32 Å². The summed E-state index contributed by atoms with van der Waals surface area (Å²) in [6, 6.07) is 8.18. The van der Waals surface area contributed by atoms with Crippen LogP contribution in [0.1, 0.15) is 29.8 Å². The second-order valence-corrected chi connectivity index (χ2v) is 7.17. The Bertz CT molecular complexity index is 816. The SMILES string of the molecule is CCN(CC)S(=O)(=O)c1cc(NC(=O)c2cccnc2)ccc1C. The van der Waals surface area contributed by atoms with Crippen molar-refractivity contribution in [1.29, 1.82) is 0 Å². The lowest BCUT2D eigenvalue weighted by atomic mass is 10.2. The van der Waals surface area contributed by atoms with Crippen molar-refractivity contribution < 1.29 is 13.2 Å². The van der Waals surface area contributed by atoms with Gasteiger partial charge in [0, 0.05) is 31.2 Å². The predicted molar refractivity (Wildman–Crippen MR) is 93.5 cm³/mol. The molecule has 0 unspecified atom stereocenters. The number of carbonyl (C=O) groups is 1. The minimum absolute atomic E-state index is 0.204. The van der Waals surface area contributed by atoms with E-state index in [2.05, 4.69) is 10.3 Å². The van der Waals surface area contributed by atoms with E-state index in [-0.39, 0.29) is 10.8 Å². The summed E-state index contributed by atoms with van der Waals surface area (Å²) >= 11 is 0. The van der Waals surface area contributed by atoms with Gasteiger partial charge in [-0.15, -0.1) is 0 Å². The Balaban J connectivity index is 2.34. The van der Waals surface area contributed by atoms with Gasteiger partial charge in [0.15, 0.2) is 0 Å². The number of anilines is 1. The number of rotatable bonds is 6. The molecule has 1 aromatic carbocycles. The van der Waals surface area contributed by atoms with Crippen LogP contribution in [0.4, 0.5) is 5.69 Å². The van der Waals surface area contributed by atoms with E-state index in [4.69, 9.17) is 0 Å². The summed E-state index contributed by atoms with van der Waals surface area (Å²) < 4.78 is 26.8. The normalized spacial score (nSPS) is 11.5. The van der Waals surface area contributed by atoms with Gasteiger partial charge in [-0.2, -0.15) is 4.31 Å². The Morgan fingerprint density at radius 3 is 2.50 bits per heavy atom. The van der Waals surface area contributed by atoms with Crippen LogP contribution in [0.3, 0.4) is 0 Å². The standard InChI is InChI=1S/C17H21N3O3S/c1-4-20(5-2)24(22,23)16-11-15(9-8-13(16)3)19-17(21)14-7-6-10-18-12-14/h6-12H,4-5H2,1-3H3,(H,19,21). The molecule has 1 N–H and O–H groups in total. The molecule has 128 valence electrons. The highest BCUT2D eigenvalue weighted by Gasteiger charge is 2.24. The van der Waals surface area contributed by atoms with E-state index in [0.717, 1.165) is 0 Å². The molecule has 0 fully saturated rings. The molecule has 0 atom stereocenters. The van der Waals surface area contributed by atoms with Gasteiger partial charge in [0.25, 0.3) is 5.91 Å². The van der Waals surface area contributed by atoms with Crippen molar-refractivity contribution >= 4 is 21.6 Å². The molecule has 0 spiro atoms. The number of aromatic nitrogens is 1. The first kappa shape index (κ1) is 18.1. The van der Waals surface area contributed by atoms with Crippen LogP contribution in [0.15, 0.2) is 47.6 Å². The molecule has 2 rings (SSSR count). The van der Waals surface area contributed by atoms with Gasteiger partial charge in [-0.05, 0) is 36.8 Å². The molecule has 0 saturated heterocycles. The lowest BCUT2D eigenvalue weighted by Gasteiger charge is -2.20. The Kier molecular flexibility index (Phi) is 5.69. The van der Waals surface area contributed by atoms with Crippen molar-refractivity contribution in [3.05, 3.63) is 53.9 Å². The predicted octanol–water partition coefficient (Wildman–Crippen LogP) is 2.67. The number of hydrogen-bond acceptors (Lipinski definition) is 4. The zero-order chi connectivity index (χ0) is 17.7. The molecule has 6 nitrogen and oxygen atoms in total. The lowest BCUT2D eigenvalue weighted by molar-refractivity contribution is 0.102. The number of nitrogens with one attached hydrogen (secondary N) is 1. The Hall–Kier alpha value is -2.25. The van der Waals surface area contributed by atoms with Gasteiger partial charge in [-0.3, -0.25) is 9.78 Å². The number of nitrogens with zero attached hydrogens (tertiary/aromatic N) is 2. The first-order valence-corrected chi connectivity index (χ1v) is 9.16. The van der Waals surface area contributed by atoms with Crippen LogP contribution in [0.2, 0.25) is 0 Å². The van der Waals surface area contributed by atoms with Crippen LogP contribution >= 0.6 is 0 Å². The molecule has 0 radical (unpaired) electrons.